The number of rotatable bonds is 7. The lowest BCUT2D eigenvalue weighted by atomic mass is 9.87. The zero-order valence-electron chi connectivity index (χ0n) is 10.8. The van der Waals surface area contributed by atoms with E-state index in [1.54, 1.807) is 7.11 Å². The molecule has 0 bridgehead atoms. The van der Waals surface area contributed by atoms with Crippen molar-refractivity contribution in [3.05, 3.63) is 29.8 Å². The monoisotopic (exact) mass is 251 g/mol. The molecule has 4 nitrogen and oxygen atoms in total. The molecule has 0 aromatic heterocycles. The van der Waals surface area contributed by atoms with E-state index in [4.69, 9.17) is 9.47 Å². The van der Waals surface area contributed by atoms with Gasteiger partial charge in [0.25, 0.3) is 0 Å². The fraction of sp³-hybridized carbons (Fsp3) is 0.571. The van der Waals surface area contributed by atoms with Crippen LogP contribution >= 0.6 is 0 Å². The third kappa shape index (κ3) is 3.22. The maximum absolute atomic E-state index is 9.28. The highest BCUT2D eigenvalue weighted by Gasteiger charge is 2.37. The summed E-state index contributed by atoms with van der Waals surface area (Å²) in [6.07, 6.45) is 0.958. The Balaban J connectivity index is 1.71. The lowest BCUT2D eigenvalue weighted by Gasteiger charge is -2.40. The Morgan fingerprint density at radius 3 is 2.89 bits per heavy atom. The molecule has 0 unspecified atom stereocenters. The molecule has 1 aliphatic rings. The number of methoxy groups -OCH3 is 1. The zero-order chi connectivity index (χ0) is 12.8. The molecule has 1 saturated heterocycles. The summed E-state index contributed by atoms with van der Waals surface area (Å²) in [6, 6.07) is 8.10. The summed E-state index contributed by atoms with van der Waals surface area (Å²) < 4.78 is 10.3. The summed E-state index contributed by atoms with van der Waals surface area (Å²) in [5, 5.41) is 12.7. The molecule has 1 aromatic carbocycles. The molecule has 0 saturated carbocycles. The molecule has 1 aromatic rings. The quantitative estimate of drug-likeness (QED) is 0.705. The van der Waals surface area contributed by atoms with Crippen molar-refractivity contribution in [1.29, 1.82) is 0 Å². The Bertz CT molecular complexity index is 372. The van der Waals surface area contributed by atoms with Gasteiger partial charge in [-0.3, -0.25) is 0 Å². The molecular formula is C14H21NO3. The lowest BCUT2D eigenvalue weighted by molar-refractivity contribution is -0.134. The van der Waals surface area contributed by atoms with Crippen molar-refractivity contribution >= 4 is 0 Å². The van der Waals surface area contributed by atoms with Crippen LogP contribution in [-0.2, 0) is 11.2 Å². The molecule has 1 aliphatic heterocycles. The summed E-state index contributed by atoms with van der Waals surface area (Å²) in [7, 11) is 1.68. The number of benzene rings is 1. The molecule has 0 radical (unpaired) electrons. The third-order valence-corrected chi connectivity index (χ3v) is 3.38. The Morgan fingerprint density at radius 1 is 1.44 bits per heavy atom. The molecule has 2 N–H and O–H groups in total. The maximum atomic E-state index is 9.28. The van der Waals surface area contributed by atoms with Crippen molar-refractivity contribution in [3.8, 4) is 5.75 Å². The number of aliphatic hydroxyl groups is 1. The van der Waals surface area contributed by atoms with Crippen molar-refractivity contribution in [1.82, 2.24) is 5.32 Å². The van der Waals surface area contributed by atoms with Crippen LogP contribution in [-0.4, -0.2) is 45.1 Å². The number of aliphatic hydroxyl groups excluding tert-OH is 1. The van der Waals surface area contributed by atoms with Crippen molar-refractivity contribution in [2.24, 2.45) is 5.41 Å². The van der Waals surface area contributed by atoms with Crippen molar-refractivity contribution in [3.63, 3.8) is 0 Å². The Kier molecular flexibility index (Phi) is 4.58. The van der Waals surface area contributed by atoms with Gasteiger partial charge in [0.2, 0.25) is 0 Å². The number of hydrogen-bond donors (Lipinski definition) is 2. The average molecular weight is 251 g/mol. The smallest absolute Gasteiger partial charge is 0.119 e. The van der Waals surface area contributed by atoms with Crippen LogP contribution in [0.2, 0.25) is 0 Å². The highest BCUT2D eigenvalue weighted by atomic mass is 16.5. The molecule has 0 atom stereocenters. The van der Waals surface area contributed by atoms with E-state index in [-0.39, 0.29) is 12.0 Å². The molecule has 0 spiro atoms. The van der Waals surface area contributed by atoms with E-state index < -0.39 is 0 Å². The summed E-state index contributed by atoms with van der Waals surface area (Å²) in [5.41, 5.74) is 1.21. The first-order valence-electron chi connectivity index (χ1n) is 6.30. The first-order valence-corrected chi connectivity index (χ1v) is 6.30. The van der Waals surface area contributed by atoms with Gasteiger partial charge in [-0.05, 0) is 30.7 Å². The molecule has 4 heteroatoms. The van der Waals surface area contributed by atoms with Gasteiger partial charge in [-0.1, -0.05) is 12.1 Å². The summed E-state index contributed by atoms with van der Waals surface area (Å²) >= 11 is 0. The normalized spacial score (nSPS) is 17.2. The zero-order valence-corrected chi connectivity index (χ0v) is 10.8. The number of ether oxygens (including phenoxy) is 2. The summed E-state index contributed by atoms with van der Waals surface area (Å²) in [4.78, 5) is 0. The van der Waals surface area contributed by atoms with Gasteiger partial charge in [0.1, 0.15) is 5.75 Å². The van der Waals surface area contributed by atoms with Crippen LogP contribution in [0.5, 0.6) is 5.75 Å². The predicted molar refractivity (Wildman–Crippen MR) is 69.9 cm³/mol. The molecule has 100 valence electrons. The van der Waals surface area contributed by atoms with Crippen LogP contribution < -0.4 is 10.1 Å². The fourth-order valence-electron chi connectivity index (χ4n) is 2.05. The standard InChI is InChI=1S/C14H21NO3/c1-17-13-4-2-3-12(7-13)5-6-15-8-14(9-16)10-18-11-14/h2-4,7,15-16H,5-6,8-11H2,1H3. The predicted octanol–water partition coefficient (Wildman–Crippen LogP) is 0.836. The van der Waals surface area contributed by atoms with Crippen LogP contribution in [0.3, 0.4) is 0 Å². The maximum Gasteiger partial charge on any atom is 0.119 e. The first-order chi connectivity index (χ1) is 8.78. The Labute approximate surface area is 108 Å². The van der Waals surface area contributed by atoms with Crippen LogP contribution in [0, 0.1) is 5.41 Å². The molecule has 1 fully saturated rings. The van der Waals surface area contributed by atoms with Crippen molar-refractivity contribution in [2.75, 3.05) is 40.0 Å². The van der Waals surface area contributed by atoms with E-state index in [0.717, 1.165) is 25.3 Å². The van der Waals surface area contributed by atoms with Gasteiger partial charge in [0.15, 0.2) is 0 Å². The molecule has 2 rings (SSSR count). The number of nitrogens with one attached hydrogen (secondary N) is 1. The van der Waals surface area contributed by atoms with Gasteiger partial charge in [-0.2, -0.15) is 0 Å². The summed E-state index contributed by atoms with van der Waals surface area (Å²) in [6.45, 7) is 3.23. The van der Waals surface area contributed by atoms with E-state index in [2.05, 4.69) is 17.4 Å². The van der Waals surface area contributed by atoms with Gasteiger partial charge in [-0.25, -0.2) is 0 Å². The van der Waals surface area contributed by atoms with Crippen LogP contribution in [0.1, 0.15) is 5.56 Å². The second-order valence-corrected chi connectivity index (χ2v) is 4.93. The van der Waals surface area contributed by atoms with Gasteiger partial charge in [0, 0.05) is 6.54 Å². The molecular weight excluding hydrogens is 230 g/mol. The summed E-state index contributed by atoms with van der Waals surface area (Å²) in [5.74, 6) is 0.895. The SMILES string of the molecule is COc1cccc(CCNCC2(CO)COC2)c1. The van der Waals surface area contributed by atoms with Crippen LogP contribution in [0.4, 0.5) is 0 Å². The highest BCUT2D eigenvalue weighted by molar-refractivity contribution is 5.28. The van der Waals surface area contributed by atoms with Crippen LogP contribution in [0.15, 0.2) is 24.3 Å². The number of hydrogen-bond acceptors (Lipinski definition) is 4. The molecule has 0 aliphatic carbocycles. The van der Waals surface area contributed by atoms with Gasteiger partial charge < -0.3 is 19.9 Å². The second kappa shape index (κ2) is 6.18. The van der Waals surface area contributed by atoms with Gasteiger partial charge in [-0.15, -0.1) is 0 Å². The fourth-order valence-corrected chi connectivity index (χ4v) is 2.05. The Morgan fingerprint density at radius 2 is 2.28 bits per heavy atom. The van der Waals surface area contributed by atoms with Crippen molar-refractivity contribution in [2.45, 2.75) is 6.42 Å². The minimum absolute atomic E-state index is 0.0472. The second-order valence-electron chi connectivity index (χ2n) is 4.93. The first kappa shape index (κ1) is 13.3. The highest BCUT2D eigenvalue weighted by Crippen LogP contribution is 2.25. The minimum Gasteiger partial charge on any atom is -0.497 e. The van der Waals surface area contributed by atoms with E-state index in [1.807, 2.05) is 12.1 Å². The van der Waals surface area contributed by atoms with E-state index in [1.165, 1.54) is 5.56 Å². The average Bonchev–Trinajstić information content (AvgIpc) is 2.37. The Hall–Kier alpha value is -1.10. The van der Waals surface area contributed by atoms with Gasteiger partial charge in [0.05, 0.1) is 32.3 Å². The minimum atomic E-state index is -0.0472. The van der Waals surface area contributed by atoms with Crippen molar-refractivity contribution < 1.29 is 14.6 Å². The van der Waals surface area contributed by atoms with E-state index in [9.17, 15) is 5.11 Å². The molecule has 18 heavy (non-hydrogen) atoms. The van der Waals surface area contributed by atoms with Crippen LogP contribution in [0.25, 0.3) is 0 Å². The molecule has 1 heterocycles. The third-order valence-electron chi connectivity index (χ3n) is 3.38. The van der Waals surface area contributed by atoms with E-state index in [0.29, 0.717) is 13.2 Å². The largest absolute Gasteiger partial charge is 0.497 e. The lowest BCUT2D eigenvalue weighted by Crippen LogP contribution is -2.52. The topological polar surface area (TPSA) is 50.7 Å². The van der Waals surface area contributed by atoms with Gasteiger partial charge >= 0.3 is 0 Å². The van der Waals surface area contributed by atoms with E-state index >= 15 is 0 Å². The molecule has 0 amide bonds.